The lowest BCUT2D eigenvalue weighted by molar-refractivity contribution is -0.134. The Bertz CT molecular complexity index is 232. The van der Waals surface area contributed by atoms with Crippen LogP contribution in [0.2, 0.25) is 0 Å². The van der Waals surface area contributed by atoms with Crippen molar-refractivity contribution < 1.29 is 4.79 Å². The number of likely N-dealkylation sites (tertiary alicyclic amines) is 1. The lowest BCUT2D eigenvalue weighted by Crippen LogP contribution is -2.51. The molecule has 0 aromatic carbocycles. The van der Waals surface area contributed by atoms with E-state index in [-0.39, 0.29) is 11.9 Å². The normalized spacial score (nSPS) is 24.1. The molecule has 4 heteroatoms. The number of amides is 1. The van der Waals surface area contributed by atoms with Gasteiger partial charge in [0.15, 0.2) is 0 Å². The van der Waals surface area contributed by atoms with Crippen LogP contribution in [0.5, 0.6) is 0 Å². The second-order valence-corrected chi connectivity index (χ2v) is 4.90. The maximum Gasteiger partial charge on any atom is 0.239 e. The Kier molecular flexibility index (Phi) is 5.22. The van der Waals surface area contributed by atoms with E-state index < -0.39 is 0 Å². The summed E-state index contributed by atoms with van der Waals surface area (Å²) in [6, 6.07) is 0.0244. The van der Waals surface area contributed by atoms with Crippen LogP contribution >= 0.6 is 0 Å². The zero-order valence-electron chi connectivity index (χ0n) is 10.8. The quantitative estimate of drug-likeness (QED) is 0.768. The predicted octanol–water partition coefficient (Wildman–Crippen LogP) is 0.666. The van der Waals surface area contributed by atoms with Gasteiger partial charge in [-0.1, -0.05) is 13.3 Å². The van der Waals surface area contributed by atoms with Crippen LogP contribution in [0, 0.1) is 0 Å². The number of carbonyl (C=O) groups excluding carboxylic acids is 1. The minimum Gasteiger partial charge on any atom is -0.340 e. The Labute approximate surface area is 98.8 Å². The van der Waals surface area contributed by atoms with Crippen LogP contribution in [0.1, 0.15) is 32.6 Å². The molecule has 1 amide bonds. The van der Waals surface area contributed by atoms with Crippen molar-refractivity contribution >= 4 is 5.91 Å². The standard InChI is InChI=1S/C12H25N3O/c1-4-6-11(13)12(16)15(3)10-7-5-8-14(2)9-10/h10-11H,4-9,13H2,1-3H3/t10?,11-/m1/s1. The van der Waals surface area contributed by atoms with Crippen LogP contribution in [0.25, 0.3) is 0 Å². The molecule has 0 spiro atoms. The first-order valence-corrected chi connectivity index (χ1v) is 6.27. The van der Waals surface area contributed by atoms with Crippen molar-refractivity contribution in [2.75, 3.05) is 27.2 Å². The molecular formula is C12H25N3O. The first kappa shape index (κ1) is 13.5. The molecule has 1 saturated heterocycles. The Hall–Kier alpha value is -0.610. The van der Waals surface area contributed by atoms with E-state index in [1.807, 2.05) is 11.9 Å². The van der Waals surface area contributed by atoms with Crippen LogP contribution in [0.3, 0.4) is 0 Å². The summed E-state index contributed by atoms with van der Waals surface area (Å²) < 4.78 is 0. The van der Waals surface area contributed by atoms with Gasteiger partial charge in [0.05, 0.1) is 6.04 Å². The van der Waals surface area contributed by atoms with Gasteiger partial charge in [-0.05, 0) is 32.9 Å². The number of carbonyl (C=O) groups is 1. The Balaban J connectivity index is 2.48. The molecule has 4 nitrogen and oxygen atoms in total. The van der Waals surface area contributed by atoms with E-state index >= 15 is 0 Å². The van der Waals surface area contributed by atoms with Crippen molar-refractivity contribution in [3.05, 3.63) is 0 Å². The van der Waals surface area contributed by atoms with Gasteiger partial charge in [-0.3, -0.25) is 4.79 Å². The van der Waals surface area contributed by atoms with Crippen LogP contribution in [-0.2, 0) is 4.79 Å². The molecule has 2 atom stereocenters. The number of nitrogens with two attached hydrogens (primary N) is 1. The first-order chi connectivity index (χ1) is 7.56. The molecular weight excluding hydrogens is 202 g/mol. The zero-order valence-corrected chi connectivity index (χ0v) is 10.8. The van der Waals surface area contributed by atoms with Crippen LogP contribution in [0.15, 0.2) is 0 Å². The minimum absolute atomic E-state index is 0.0992. The summed E-state index contributed by atoms with van der Waals surface area (Å²) >= 11 is 0. The molecule has 0 aliphatic carbocycles. The van der Waals surface area contributed by atoms with Crippen molar-refractivity contribution in [3.63, 3.8) is 0 Å². The summed E-state index contributed by atoms with van der Waals surface area (Å²) in [5.74, 6) is 0.0992. The average molecular weight is 227 g/mol. The number of hydrogen-bond donors (Lipinski definition) is 1. The molecule has 2 N–H and O–H groups in total. The maximum absolute atomic E-state index is 12.0. The van der Waals surface area contributed by atoms with Crippen molar-refractivity contribution in [2.45, 2.75) is 44.7 Å². The third-order valence-electron chi connectivity index (χ3n) is 3.41. The van der Waals surface area contributed by atoms with Gasteiger partial charge in [-0.25, -0.2) is 0 Å². The fourth-order valence-electron chi connectivity index (χ4n) is 2.33. The van der Waals surface area contributed by atoms with Crippen LogP contribution in [0.4, 0.5) is 0 Å². The van der Waals surface area contributed by atoms with Crippen molar-refractivity contribution in [3.8, 4) is 0 Å². The number of rotatable bonds is 4. The molecule has 0 aromatic rings. The molecule has 1 fully saturated rings. The van der Waals surface area contributed by atoms with Crippen LogP contribution in [-0.4, -0.2) is 55.0 Å². The predicted molar refractivity (Wildman–Crippen MR) is 66.2 cm³/mol. The van der Waals surface area contributed by atoms with E-state index in [1.54, 1.807) is 0 Å². The highest BCUT2D eigenvalue weighted by atomic mass is 16.2. The Morgan fingerprint density at radius 1 is 1.62 bits per heavy atom. The lowest BCUT2D eigenvalue weighted by atomic mass is 10.0. The summed E-state index contributed by atoms with van der Waals surface area (Å²) in [7, 11) is 4.00. The fraction of sp³-hybridized carbons (Fsp3) is 0.917. The summed E-state index contributed by atoms with van der Waals surface area (Å²) in [5.41, 5.74) is 5.87. The highest BCUT2D eigenvalue weighted by molar-refractivity contribution is 5.81. The molecule has 1 aliphatic heterocycles. The van der Waals surface area contributed by atoms with Gasteiger partial charge in [-0.15, -0.1) is 0 Å². The third-order valence-corrected chi connectivity index (χ3v) is 3.41. The summed E-state index contributed by atoms with van der Waals surface area (Å²) in [6.45, 7) is 4.17. The minimum atomic E-state index is -0.317. The highest BCUT2D eigenvalue weighted by Gasteiger charge is 2.26. The Morgan fingerprint density at radius 3 is 2.88 bits per heavy atom. The smallest absolute Gasteiger partial charge is 0.239 e. The zero-order chi connectivity index (χ0) is 12.1. The van der Waals surface area contributed by atoms with E-state index in [1.165, 1.54) is 6.42 Å². The maximum atomic E-state index is 12.0. The second kappa shape index (κ2) is 6.21. The molecule has 0 saturated carbocycles. The van der Waals surface area contributed by atoms with Crippen molar-refractivity contribution in [1.29, 1.82) is 0 Å². The van der Waals surface area contributed by atoms with E-state index in [4.69, 9.17) is 5.73 Å². The topological polar surface area (TPSA) is 49.6 Å². The largest absolute Gasteiger partial charge is 0.340 e. The lowest BCUT2D eigenvalue weighted by Gasteiger charge is -2.36. The second-order valence-electron chi connectivity index (χ2n) is 4.90. The van der Waals surface area contributed by atoms with Gasteiger partial charge in [0.1, 0.15) is 0 Å². The van der Waals surface area contributed by atoms with E-state index in [0.717, 1.165) is 32.4 Å². The summed E-state index contributed by atoms with van der Waals surface area (Å²) in [5, 5.41) is 0. The van der Waals surface area contributed by atoms with Gasteiger partial charge in [0.25, 0.3) is 0 Å². The fourth-order valence-corrected chi connectivity index (χ4v) is 2.33. The van der Waals surface area contributed by atoms with Gasteiger partial charge in [-0.2, -0.15) is 0 Å². The summed E-state index contributed by atoms with van der Waals surface area (Å²) in [6.07, 6.45) is 4.02. The molecule has 1 unspecified atom stereocenters. The Morgan fingerprint density at radius 2 is 2.31 bits per heavy atom. The molecule has 16 heavy (non-hydrogen) atoms. The number of nitrogens with zero attached hydrogens (tertiary/aromatic N) is 2. The van der Waals surface area contributed by atoms with Gasteiger partial charge in [0.2, 0.25) is 5.91 Å². The van der Waals surface area contributed by atoms with E-state index in [2.05, 4.69) is 18.9 Å². The van der Waals surface area contributed by atoms with E-state index in [9.17, 15) is 4.79 Å². The van der Waals surface area contributed by atoms with Gasteiger partial charge < -0.3 is 15.5 Å². The number of hydrogen-bond acceptors (Lipinski definition) is 3. The number of likely N-dealkylation sites (N-methyl/N-ethyl adjacent to an activating group) is 2. The molecule has 0 aromatic heterocycles. The molecule has 0 radical (unpaired) electrons. The average Bonchev–Trinajstić information content (AvgIpc) is 2.27. The van der Waals surface area contributed by atoms with E-state index in [0.29, 0.717) is 6.04 Å². The summed E-state index contributed by atoms with van der Waals surface area (Å²) in [4.78, 5) is 16.2. The van der Waals surface area contributed by atoms with Crippen LogP contribution < -0.4 is 5.73 Å². The molecule has 1 heterocycles. The van der Waals surface area contributed by atoms with Gasteiger partial charge >= 0.3 is 0 Å². The van der Waals surface area contributed by atoms with Crippen molar-refractivity contribution in [2.24, 2.45) is 5.73 Å². The third kappa shape index (κ3) is 3.46. The van der Waals surface area contributed by atoms with Gasteiger partial charge in [0, 0.05) is 19.6 Å². The molecule has 1 aliphatic rings. The monoisotopic (exact) mass is 227 g/mol. The highest BCUT2D eigenvalue weighted by Crippen LogP contribution is 2.14. The first-order valence-electron chi connectivity index (χ1n) is 6.27. The SMILES string of the molecule is CCC[C@@H](N)C(=O)N(C)C1CCCN(C)C1. The molecule has 0 bridgehead atoms. The van der Waals surface area contributed by atoms with Crippen molar-refractivity contribution in [1.82, 2.24) is 9.80 Å². The number of piperidine rings is 1. The molecule has 1 rings (SSSR count). The molecule has 94 valence electrons.